The number of hydrogen-bond acceptors (Lipinski definition) is 4. The van der Waals surface area contributed by atoms with E-state index in [9.17, 15) is 9.18 Å². The van der Waals surface area contributed by atoms with Crippen LogP contribution >= 0.6 is 11.8 Å². The van der Waals surface area contributed by atoms with Crippen molar-refractivity contribution in [2.75, 3.05) is 7.11 Å². The highest BCUT2D eigenvalue weighted by molar-refractivity contribution is 8.18. The highest BCUT2D eigenvalue weighted by Gasteiger charge is 2.24. The van der Waals surface area contributed by atoms with Gasteiger partial charge in [0.05, 0.1) is 12.0 Å². The number of aryl methyl sites for hydroxylation is 1. The Morgan fingerprint density at radius 2 is 2.04 bits per heavy atom. The second-order valence-electron chi connectivity index (χ2n) is 5.16. The quantitative estimate of drug-likeness (QED) is 0.857. The number of nitrogens with zero attached hydrogens (tertiary/aromatic N) is 1. The van der Waals surface area contributed by atoms with E-state index in [0.717, 1.165) is 16.9 Å². The molecule has 0 aliphatic carbocycles. The summed E-state index contributed by atoms with van der Waals surface area (Å²) in [6.45, 7) is 1.94. The molecule has 1 aliphatic rings. The first-order valence-corrected chi connectivity index (χ1v) is 8.07. The number of para-hydroxylation sites is 1. The number of thioether (sulfide) groups is 1. The van der Waals surface area contributed by atoms with Crippen molar-refractivity contribution >= 4 is 34.6 Å². The van der Waals surface area contributed by atoms with Crippen LogP contribution in [-0.4, -0.2) is 18.2 Å². The summed E-state index contributed by atoms with van der Waals surface area (Å²) in [6, 6.07) is 11.8. The minimum absolute atomic E-state index is 0.196. The number of halogens is 1. The van der Waals surface area contributed by atoms with Gasteiger partial charge in [-0.1, -0.05) is 18.2 Å². The van der Waals surface area contributed by atoms with Crippen molar-refractivity contribution < 1.29 is 13.9 Å². The molecule has 0 atom stereocenters. The monoisotopic (exact) mass is 342 g/mol. The minimum Gasteiger partial charge on any atom is -0.496 e. The Morgan fingerprint density at radius 1 is 1.25 bits per heavy atom. The minimum atomic E-state index is -0.428. The van der Waals surface area contributed by atoms with Gasteiger partial charge in [-0.15, -0.1) is 0 Å². The summed E-state index contributed by atoms with van der Waals surface area (Å²) in [5.41, 5.74) is 2.07. The first-order chi connectivity index (χ1) is 11.6. The Kier molecular flexibility index (Phi) is 4.66. The number of rotatable bonds is 3. The number of carbonyl (C=O) groups excluding carboxylic acids is 1. The maximum Gasteiger partial charge on any atom is 0.264 e. The number of amides is 1. The second kappa shape index (κ2) is 6.88. The van der Waals surface area contributed by atoms with E-state index in [0.29, 0.717) is 10.1 Å². The standard InChI is InChI=1S/C18H15FN2O2S/c1-11-9-12(7-8-15(11)23-2)10-16-17(22)21-18(24-16)20-14-6-4-3-5-13(14)19/h3-10H,1-2H3,(H,20,21,22)/b16-10-. The largest absolute Gasteiger partial charge is 0.496 e. The van der Waals surface area contributed by atoms with Crippen molar-refractivity contribution in [1.29, 1.82) is 0 Å². The number of hydrogen-bond donors (Lipinski definition) is 1. The molecule has 6 heteroatoms. The van der Waals surface area contributed by atoms with Gasteiger partial charge in [0.25, 0.3) is 5.91 Å². The lowest BCUT2D eigenvalue weighted by Gasteiger charge is -2.04. The molecule has 1 N–H and O–H groups in total. The highest BCUT2D eigenvalue weighted by atomic mass is 32.2. The van der Waals surface area contributed by atoms with Crippen molar-refractivity contribution in [3.63, 3.8) is 0 Å². The summed E-state index contributed by atoms with van der Waals surface area (Å²) in [4.78, 5) is 16.7. The zero-order valence-corrected chi connectivity index (χ0v) is 14.0. The van der Waals surface area contributed by atoms with E-state index in [1.807, 2.05) is 25.1 Å². The smallest absolute Gasteiger partial charge is 0.264 e. The van der Waals surface area contributed by atoms with Crippen LogP contribution in [0.3, 0.4) is 0 Å². The molecule has 0 radical (unpaired) electrons. The lowest BCUT2D eigenvalue weighted by atomic mass is 10.1. The van der Waals surface area contributed by atoms with E-state index in [1.165, 1.54) is 17.8 Å². The Morgan fingerprint density at radius 3 is 2.75 bits per heavy atom. The van der Waals surface area contributed by atoms with E-state index >= 15 is 0 Å². The van der Waals surface area contributed by atoms with Crippen molar-refractivity contribution in [2.24, 2.45) is 4.99 Å². The highest BCUT2D eigenvalue weighted by Crippen LogP contribution is 2.29. The third-order valence-electron chi connectivity index (χ3n) is 3.44. The number of methoxy groups -OCH3 is 1. The van der Waals surface area contributed by atoms with Gasteiger partial charge >= 0.3 is 0 Å². The van der Waals surface area contributed by atoms with Gasteiger partial charge in [-0.25, -0.2) is 9.38 Å². The number of ether oxygens (including phenoxy) is 1. The van der Waals surface area contributed by atoms with E-state index in [2.05, 4.69) is 10.3 Å². The Hall–Kier alpha value is -2.60. The average Bonchev–Trinajstić information content (AvgIpc) is 2.89. The van der Waals surface area contributed by atoms with Gasteiger partial charge in [-0.05, 0) is 60.2 Å². The molecule has 24 heavy (non-hydrogen) atoms. The lowest BCUT2D eigenvalue weighted by Crippen LogP contribution is -2.19. The molecular formula is C18H15FN2O2S. The molecule has 0 unspecified atom stereocenters. The number of carbonyl (C=O) groups is 1. The molecule has 2 aromatic carbocycles. The molecule has 1 amide bonds. The van der Waals surface area contributed by atoms with E-state index in [-0.39, 0.29) is 11.6 Å². The van der Waals surface area contributed by atoms with E-state index < -0.39 is 5.82 Å². The van der Waals surface area contributed by atoms with Crippen LogP contribution in [0.2, 0.25) is 0 Å². The maximum atomic E-state index is 13.6. The van der Waals surface area contributed by atoms with Crippen LogP contribution in [-0.2, 0) is 4.79 Å². The van der Waals surface area contributed by atoms with Gasteiger partial charge in [0.1, 0.15) is 17.3 Å². The summed E-state index contributed by atoms with van der Waals surface area (Å²) in [5.74, 6) is 0.120. The van der Waals surface area contributed by atoms with Crippen LogP contribution in [0, 0.1) is 12.7 Å². The number of amidine groups is 1. The molecule has 122 valence electrons. The molecule has 0 bridgehead atoms. The maximum absolute atomic E-state index is 13.6. The molecule has 0 aromatic heterocycles. The summed E-state index contributed by atoms with van der Waals surface area (Å²) in [6.07, 6.45) is 1.77. The fraction of sp³-hybridized carbons (Fsp3) is 0.111. The van der Waals surface area contributed by atoms with Crippen molar-refractivity contribution in [1.82, 2.24) is 5.32 Å². The summed E-state index contributed by atoms with van der Waals surface area (Å²) in [7, 11) is 1.62. The molecule has 1 heterocycles. The van der Waals surface area contributed by atoms with Gasteiger partial charge in [0, 0.05) is 0 Å². The fourth-order valence-electron chi connectivity index (χ4n) is 2.28. The normalized spacial score (nSPS) is 17.4. The first kappa shape index (κ1) is 16.3. The Balaban J connectivity index is 1.85. The first-order valence-electron chi connectivity index (χ1n) is 7.25. The molecule has 2 aromatic rings. The second-order valence-corrected chi connectivity index (χ2v) is 6.19. The molecule has 1 aliphatic heterocycles. The van der Waals surface area contributed by atoms with E-state index in [1.54, 1.807) is 31.4 Å². The van der Waals surface area contributed by atoms with Crippen molar-refractivity contribution in [2.45, 2.75) is 6.92 Å². The topological polar surface area (TPSA) is 50.7 Å². The van der Waals surface area contributed by atoms with Gasteiger partial charge in [-0.3, -0.25) is 4.79 Å². The van der Waals surface area contributed by atoms with Crippen LogP contribution in [0.4, 0.5) is 10.1 Å². The zero-order chi connectivity index (χ0) is 17.1. The third-order valence-corrected chi connectivity index (χ3v) is 4.35. The Bertz CT molecular complexity index is 862. The Labute approximate surface area is 143 Å². The summed E-state index contributed by atoms with van der Waals surface area (Å²) < 4.78 is 18.9. The molecule has 4 nitrogen and oxygen atoms in total. The van der Waals surface area contributed by atoms with Crippen molar-refractivity contribution in [3.05, 3.63) is 64.3 Å². The third kappa shape index (κ3) is 3.49. The van der Waals surface area contributed by atoms with Crippen LogP contribution in [0.25, 0.3) is 6.08 Å². The van der Waals surface area contributed by atoms with Gasteiger partial charge in [-0.2, -0.15) is 0 Å². The zero-order valence-electron chi connectivity index (χ0n) is 13.2. The van der Waals surface area contributed by atoms with Gasteiger partial charge in [0.15, 0.2) is 5.17 Å². The van der Waals surface area contributed by atoms with Gasteiger partial charge < -0.3 is 10.1 Å². The summed E-state index contributed by atoms with van der Waals surface area (Å²) >= 11 is 1.19. The van der Waals surface area contributed by atoms with E-state index in [4.69, 9.17) is 4.74 Å². The average molecular weight is 342 g/mol. The molecular weight excluding hydrogens is 327 g/mol. The van der Waals surface area contributed by atoms with Crippen LogP contribution in [0.5, 0.6) is 5.75 Å². The molecule has 0 spiro atoms. The molecule has 3 rings (SSSR count). The number of benzene rings is 2. The molecule has 0 saturated carbocycles. The number of nitrogens with one attached hydrogen (secondary N) is 1. The van der Waals surface area contributed by atoms with Crippen LogP contribution < -0.4 is 10.1 Å². The van der Waals surface area contributed by atoms with Crippen LogP contribution in [0.1, 0.15) is 11.1 Å². The van der Waals surface area contributed by atoms with Crippen LogP contribution in [0.15, 0.2) is 52.4 Å². The number of aliphatic imine (C=N–C) groups is 1. The van der Waals surface area contributed by atoms with Crippen molar-refractivity contribution in [3.8, 4) is 5.75 Å². The predicted octanol–water partition coefficient (Wildman–Crippen LogP) is 4.03. The SMILES string of the molecule is COc1ccc(/C=C2\SC(=Nc3ccccc3F)NC2=O)cc1C. The summed E-state index contributed by atoms with van der Waals surface area (Å²) in [5, 5.41) is 3.01. The lowest BCUT2D eigenvalue weighted by molar-refractivity contribution is -0.115. The van der Waals surface area contributed by atoms with Gasteiger partial charge in [0.2, 0.25) is 0 Å². The molecule has 1 fully saturated rings. The fourth-order valence-corrected chi connectivity index (χ4v) is 3.11. The molecule has 1 saturated heterocycles. The predicted molar refractivity (Wildman–Crippen MR) is 94.9 cm³/mol.